The third-order valence-corrected chi connectivity index (χ3v) is 7.98. The number of likely N-dealkylation sites (tertiary alicyclic amines) is 1. The Morgan fingerprint density at radius 3 is 2.13 bits per heavy atom. The minimum atomic E-state index is -0.747. The highest BCUT2D eigenvalue weighted by Gasteiger charge is 2.41. The van der Waals surface area contributed by atoms with Crippen molar-refractivity contribution in [3.63, 3.8) is 0 Å². The predicted molar refractivity (Wildman–Crippen MR) is 153 cm³/mol. The van der Waals surface area contributed by atoms with Crippen LogP contribution in [0, 0.1) is 0 Å². The van der Waals surface area contributed by atoms with Crippen molar-refractivity contribution in [2.75, 3.05) is 60.1 Å². The maximum atomic E-state index is 12.6. The number of hydrogen-bond acceptors (Lipinski definition) is 8. The van der Waals surface area contributed by atoms with Gasteiger partial charge in [-0.05, 0) is 73.1 Å². The second-order valence-corrected chi connectivity index (χ2v) is 11.3. The molecule has 0 radical (unpaired) electrons. The fourth-order valence-corrected chi connectivity index (χ4v) is 5.45. The standard InChI is InChI=1S/C29H53N5O4/c1-12-31(13-2)26(24(5)32-19-21-37-22-20-32)23(4)29(9,36-11)30(10)34(14-3)25-15-17-33(18-16-25)27(35)38-28(6,7)8/h12,14,24-25H,1,3,13,15-22H2,2,4-11H3/b26-23-. The first-order valence-electron chi connectivity index (χ1n) is 13.9. The Balaban J connectivity index is 2.33. The molecule has 2 rings (SSSR count). The first-order valence-corrected chi connectivity index (χ1v) is 13.9. The molecule has 2 aliphatic heterocycles. The molecule has 9 heteroatoms. The van der Waals surface area contributed by atoms with Crippen molar-refractivity contribution < 1.29 is 19.0 Å². The van der Waals surface area contributed by atoms with Crippen LogP contribution in [0.5, 0.6) is 0 Å². The van der Waals surface area contributed by atoms with Crippen LogP contribution in [0.3, 0.4) is 0 Å². The average molecular weight is 536 g/mol. The van der Waals surface area contributed by atoms with Crippen LogP contribution in [0.25, 0.3) is 0 Å². The summed E-state index contributed by atoms with van der Waals surface area (Å²) in [7, 11) is 3.81. The molecule has 0 aromatic carbocycles. The van der Waals surface area contributed by atoms with Crippen molar-refractivity contribution >= 4 is 6.09 Å². The minimum absolute atomic E-state index is 0.161. The molecule has 1 amide bonds. The van der Waals surface area contributed by atoms with Gasteiger partial charge in [-0.15, -0.1) is 0 Å². The van der Waals surface area contributed by atoms with E-state index in [-0.39, 0.29) is 18.2 Å². The first kappa shape index (κ1) is 32.1. The predicted octanol–water partition coefficient (Wildman–Crippen LogP) is 4.50. The number of hydrazine groups is 1. The number of piperidine rings is 1. The summed E-state index contributed by atoms with van der Waals surface area (Å²) in [6.45, 7) is 27.9. The molecule has 2 unspecified atom stereocenters. The van der Waals surface area contributed by atoms with Crippen LogP contribution in [-0.2, 0) is 14.2 Å². The normalized spacial score (nSPS) is 20.8. The lowest BCUT2D eigenvalue weighted by atomic mass is 9.97. The molecule has 0 spiro atoms. The van der Waals surface area contributed by atoms with Crippen LogP contribution in [0.4, 0.5) is 4.79 Å². The Morgan fingerprint density at radius 2 is 1.68 bits per heavy atom. The molecular formula is C29H53N5O4. The monoisotopic (exact) mass is 535 g/mol. The van der Waals surface area contributed by atoms with Crippen molar-refractivity contribution in [1.29, 1.82) is 0 Å². The number of carbonyl (C=O) groups excluding carboxylic acids is 1. The van der Waals surface area contributed by atoms with E-state index < -0.39 is 11.3 Å². The molecule has 2 fully saturated rings. The van der Waals surface area contributed by atoms with E-state index >= 15 is 0 Å². The first-order chi connectivity index (χ1) is 17.8. The summed E-state index contributed by atoms with van der Waals surface area (Å²) >= 11 is 0. The van der Waals surface area contributed by atoms with Crippen LogP contribution >= 0.6 is 0 Å². The van der Waals surface area contributed by atoms with E-state index in [9.17, 15) is 4.79 Å². The maximum absolute atomic E-state index is 12.6. The molecule has 0 N–H and O–H groups in total. The molecule has 0 aromatic rings. The van der Waals surface area contributed by atoms with Crippen molar-refractivity contribution in [2.24, 2.45) is 0 Å². The second-order valence-electron chi connectivity index (χ2n) is 11.3. The van der Waals surface area contributed by atoms with Gasteiger partial charge in [0, 0.05) is 70.9 Å². The molecule has 9 nitrogen and oxygen atoms in total. The van der Waals surface area contributed by atoms with Gasteiger partial charge in [-0.3, -0.25) is 4.90 Å². The van der Waals surface area contributed by atoms with E-state index in [2.05, 4.69) is 67.7 Å². The Bertz CT molecular complexity index is 827. The molecule has 0 aliphatic carbocycles. The summed E-state index contributed by atoms with van der Waals surface area (Å²) in [6.07, 6.45) is 5.14. The van der Waals surface area contributed by atoms with Crippen molar-refractivity contribution in [1.82, 2.24) is 24.7 Å². The van der Waals surface area contributed by atoms with Gasteiger partial charge in [0.2, 0.25) is 0 Å². The molecule has 38 heavy (non-hydrogen) atoms. The molecule has 2 aliphatic rings. The lowest BCUT2D eigenvalue weighted by molar-refractivity contribution is -0.183. The summed E-state index contributed by atoms with van der Waals surface area (Å²) in [5.74, 6) is 0. The molecular weight excluding hydrogens is 482 g/mol. The largest absolute Gasteiger partial charge is 0.444 e. The highest BCUT2D eigenvalue weighted by Crippen LogP contribution is 2.34. The van der Waals surface area contributed by atoms with Gasteiger partial charge in [0.1, 0.15) is 5.60 Å². The molecule has 0 aromatic heterocycles. The molecule has 218 valence electrons. The summed E-state index contributed by atoms with van der Waals surface area (Å²) in [4.78, 5) is 19.1. The summed E-state index contributed by atoms with van der Waals surface area (Å²) < 4.78 is 17.5. The van der Waals surface area contributed by atoms with Gasteiger partial charge in [-0.1, -0.05) is 13.2 Å². The smallest absolute Gasteiger partial charge is 0.410 e. The number of nitrogens with zero attached hydrogens (tertiary/aromatic N) is 5. The van der Waals surface area contributed by atoms with E-state index in [0.29, 0.717) is 13.1 Å². The molecule has 0 bridgehead atoms. The highest BCUT2D eigenvalue weighted by molar-refractivity contribution is 5.68. The SMILES string of the molecule is C=CN(CC)/C(=C(/C)C(C)(OC)N(C)N(C=C)C1CCN(C(=O)OC(C)(C)C)CC1)C(C)N1CCOCC1. The van der Waals surface area contributed by atoms with Crippen LogP contribution in [0.1, 0.15) is 61.3 Å². The van der Waals surface area contributed by atoms with Gasteiger partial charge in [-0.25, -0.2) is 4.79 Å². The summed E-state index contributed by atoms with van der Waals surface area (Å²) in [5, 5.41) is 4.31. The van der Waals surface area contributed by atoms with E-state index in [1.54, 1.807) is 12.0 Å². The minimum Gasteiger partial charge on any atom is -0.444 e. The van der Waals surface area contributed by atoms with Gasteiger partial charge in [0.25, 0.3) is 0 Å². The van der Waals surface area contributed by atoms with Crippen LogP contribution in [-0.4, -0.2) is 114 Å². The average Bonchev–Trinajstić information content (AvgIpc) is 2.90. The molecule has 2 atom stereocenters. The zero-order chi connectivity index (χ0) is 28.7. The lowest BCUT2D eigenvalue weighted by Crippen LogP contribution is -2.59. The third-order valence-electron chi connectivity index (χ3n) is 7.98. The summed E-state index contributed by atoms with van der Waals surface area (Å²) in [6, 6.07) is 0.342. The van der Waals surface area contributed by atoms with E-state index in [1.165, 1.54) is 5.70 Å². The number of likely N-dealkylation sites (N-methyl/N-ethyl adjacent to an activating group) is 2. The maximum Gasteiger partial charge on any atom is 0.410 e. The zero-order valence-corrected chi connectivity index (χ0v) is 25.5. The van der Waals surface area contributed by atoms with Crippen molar-refractivity contribution in [3.8, 4) is 0 Å². The number of hydrogen-bond donors (Lipinski definition) is 0. The number of rotatable bonds is 11. The van der Waals surface area contributed by atoms with Crippen LogP contribution in [0.15, 0.2) is 36.8 Å². The Hall–Kier alpha value is -2.07. The Morgan fingerprint density at radius 1 is 1.11 bits per heavy atom. The van der Waals surface area contributed by atoms with E-state index in [1.807, 2.05) is 33.2 Å². The molecule has 0 saturated carbocycles. The van der Waals surface area contributed by atoms with Gasteiger partial charge in [0.05, 0.1) is 13.2 Å². The fourth-order valence-electron chi connectivity index (χ4n) is 5.45. The van der Waals surface area contributed by atoms with Gasteiger partial charge < -0.3 is 29.0 Å². The van der Waals surface area contributed by atoms with Gasteiger partial charge >= 0.3 is 6.09 Å². The number of carbonyl (C=O) groups is 1. The molecule has 2 saturated heterocycles. The summed E-state index contributed by atoms with van der Waals surface area (Å²) in [5.41, 5.74) is 1.05. The zero-order valence-electron chi connectivity index (χ0n) is 25.5. The molecule has 2 heterocycles. The second kappa shape index (κ2) is 13.8. The van der Waals surface area contributed by atoms with Gasteiger partial charge in [-0.2, -0.15) is 5.01 Å². The van der Waals surface area contributed by atoms with E-state index in [4.69, 9.17) is 14.2 Å². The van der Waals surface area contributed by atoms with Crippen LogP contribution in [0.2, 0.25) is 0 Å². The Kier molecular flexibility index (Phi) is 11.7. The van der Waals surface area contributed by atoms with E-state index in [0.717, 1.165) is 51.3 Å². The fraction of sp³-hybridized carbons (Fsp3) is 0.759. The number of ether oxygens (including phenoxy) is 3. The number of methoxy groups -OCH3 is 1. The third kappa shape index (κ3) is 7.52. The van der Waals surface area contributed by atoms with Crippen molar-refractivity contribution in [2.45, 2.75) is 84.7 Å². The number of amides is 1. The highest BCUT2D eigenvalue weighted by atomic mass is 16.6. The van der Waals surface area contributed by atoms with Crippen molar-refractivity contribution in [3.05, 3.63) is 36.8 Å². The lowest BCUT2D eigenvalue weighted by Gasteiger charge is -2.50. The quantitative estimate of drug-likeness (QED) is 0.283. The van der Waals surface area contributed by atoms with Gasteiger partial charge in [0.15, 0.2) is 5.72 Å². The van der Waals surface area contributed by atoms with Crippen LogP contribution < -0.4 is 0 Å². The topological polar surface area (TPSA) is 61.0 Å². The number of morpholine rings is 1. The Labute approximate surface area is 231 Å².